The van der Waals surface area contributed by atoms with Gasteiger partial charge in [0.25, 0.3) is 0 Å². The number of carbonyl (C=O) groups excluding carboxylic acids is 1. The number of hydrogen-bond acceptors (Lipinski definition) is 5. The third-order valence-corrected chi connectivity index (χ3v) is 6.05. The molecule has 0 amide bonds. The topological polar surface area (TPSA) is 65.5 Å². The summed E-state index contributed by atoms with van der Waals surface area (Å²) in [5.41, 5.74) is 4.50. The van der Waals surface area contributed by atoms with E-state index in [4.69, 9.17) is 9.51 Å². The second kappa shape index (κ2) is 10.7. The summed E-state index contributed by atoms with van der Waals surface area (Å²) in [5, 5.41) is 0.942. The summed E-state index contributed by atoms with van der Waals surface area (Å²) in [7, 11) is -1.60. The Kier molecular flexibility index (Phi) is 7.94. The number of allylic oxidation sites excluding steroid dienone is 1. The number of pyridine rings is 1. The maximum Gasteiger partial charge on any atom is 0.369 e. The molecule has 1 heterocycles. The van der Waals surface area contributed by atoms with Crippen LogP contribution in [0.15, 0.2) is 61.2 Å². The van der Waals surface area contributed by atoms with Crippen LogP contribution in [0.4, 0.5) is 4.39 Å². The van der Waals surface area contributed by atoms with Gasteiger partial charge in [0.2, 0.25) is 0 Å². The molecular formula is C25H27FNO4P. The summed E-state index contributed by atoms with van der Waals surface area (Å²) in [6.45, 7) is 8.13. The number of benzene rings is 2. The lowest BCUT2D eigenvalue weighted by molar-refractivity contribution is -0.134. The van der Waals surface area contributed by atoms with Crippen molar-refractivity contribution in [2.75, 3.05) is 7.11 Å². The molecule has 7 heteroatoms. The zero-order chi connectivity index (χ0) is 23.3. The highest BCUT2D eigenvalue weighted by Crippen LogP contribution is 2.41. The van der Waals surface area contributed by atoms with Gasteiger partial charge in [-0.1, -0.05) is 50.3 Å². The van der Waals surface area contributed by atoms with Crippen LogP contribution in [0.3, 0.4) is 0 Å². The number of rotatable bonds is 9. The molecule has 2 atom stereocenters. The number of aromatic nitrogens is 1. The minimum absolute atomic E-state index is 0.0453. The van der Waals surface area contributed by atoms with Gasteiger partial charge in [-0.3, -0.25) is 9.78 Å². The van der Waals surface area contributed by atoms with Crippen LogP contribution in [0.5, 0.6) is 0 Å². The summed E-state index contributed by atoms with van der Waals surface area (Å²) in [6.07, 6.45) is 2.23. The largest absolute Gasteiger partial charge is 0.394 e. The Bertz CT molecular complexity index is 1140. The molecule has 0 aliphatic heterocycles. The van der Waals surface area contributed by atoms with Crippen molar-refractivity contribution >= 4 is 25.1 Å². The third kappa shape index (κ3) is 5.32. The molecule has 2 aromatic carbocycles. The number of fused-ring (bicyclic) bond motifs is 1. The smallest absolute Gasteiger partial charge is 0.369 e. The molecule has 0 bridgehead atoms. The molecule has 3 rings (SSSR count). The Balaban J connectivity index is 2.16. The molecule has 0 saturated heterocycles. The first-order valence-electron chi connectivity index (χ1n) is 10.4. The third-order valence-electron chi connectivity index (χ3n) is 5.32. The van der Waals surface area contributed by atoms with E-state index in [9.17, 15) is 13.8 Å². The van der Waals surface area contributed by atoms with Gasteiger partial charge in [-0.25, -0.2) is 8.96 Å². The number of nitrogens with zero attached hydrogens (tertiary/aromatic N) is 1. The Labute approximate surface area is 188 Å². The van der Waals surface area contributed by atoms with E-state index in [1.807, 2.05) is 24.3 Å². The fraction of sp³-hybridized carbons (Fsp3) is 0.280. The molecule has 0 radical (unpaired) electrons. The van der Waals surface area contributed by atoms with Crippen molar-refractivity contribution in [3.05, 3.63) is 78.3 Å². The molecule has 2 unspecified atom stereocenters. The first-order valence-corrected chi connectivity index (χ1v) is 11.7. The lowest BCUT2D eigenvalue weighted by atomic mass is 9.82. The zero-order valence-electron chi connectivity index (χ0n) is 18.4. The van der Waals surface area contributed by atoms with Gasteiger partial charge in [0.1, 0.15) is 5.82 Å². The summed E-state index contributed by atoms with van der Waals surface area (Å²) < 4.78 is 34.5. The van der Waals surface area contributed by atoms with Crippen molar-refractivity contribution < 1.29 is 22.8 Å². The molecule has 0 fully saturated rings. The molecule has 0 spiro atoms. The van der Waals surface area contributed by atoms with E-state index in [2.05, 4.69) is 25.0 Å². The molecule has 168 valence electrons. The minimum Gasteiger partial charge on any atom is -0.394 e. The quantitative estimate of drug-likeness (QED) is 0.262. The van der Waals surface area contributed by atoms with Crippen molar-refractivity contribution in [3.8, 4) is 11.1 Å². The van der Waals surface area contributed by atoms with Crippen LogP contribution in [0, 0.1) is 5.82 Å². The van der Waals surface area contributed by atoms with Crippen molar-refractivity contribution in [3.63, 3.8) is 0 Å². The van der Waals surface area contributed by atoms with Crippen molar-refractivity contribution in [1.29, 1.82) is 0 Å². The predicted molar refractivity (Wildman–Crippen MR) is 126 cm³/mol. The Hall–Kier alpha value is -2.82. The van der Waals surface area contributed by atoms with Crippen LogP contribution in [0.25, 0.3) is 22.0 Å². The normalized spacial score (nSPS) is 13.2. The summed E-state index contributed by atoms with van der Waals surface area (Å²) in [5.74, 6) is -1.02. The van der Waals surface area contributed by atoms with E-state index < -0.39 is 14.2 Å². The summed E-state index contributed by atoms with van der Waals surface area (Å²) in [6, 6.07) is 14.2. The van der Waals surface area contributed by atoms with E-state index in [-0.39, 0.29) is 24.1 Å². The molecule has 0 saturated carbocycles. The second-order valence-electron chi connectivity index (χ2n) is 7.77. The average molecular weight is 455 g/mol. The minimum atomic E-state index is -2.82. The Morgan fingerprint density at radius 2 is 1.88 bits per heavy atom. The number of para-hydroxylation sites is 1. The second-order valence-corrected chi connectivity index (χ2v) is 8.89. The van der Waals surface area contributed by atoms with E-state index in [1.54, 1.807) is 18.2 Å². The maximum absolute atomic E-state index is 13.7. The van der Waals surface area contributed by atoms with Gasteiger partial charge in [-0.15, -0.1) is 6.58 Å². The highest BCUT2D eigenvalue weighted by molar-refractivity contribution is 7.34. The fourth-order valence-corrected chi connectivity index (χ4v) is 4.20. The van der Waals surface area contributed by atoms with Crippen LogP contribution in [0.2, 0.25) is 0 Å². The van der Waals surface area contributed by atoms with Gasteiger partial charge in [0.15, 0.2) is 0 Å². The van der Waals surface area contributed by atoms with Crippen LogP contribution < -0.4 is 0 Å². The first kappa shape index (κ1) is 23.8. The van der Waals surface area contributed by atoms with E-state index in [0.717, 1.165) is 33.3 Å². The van der Waals surface area contributed by atoms with Gasteiger partial charge >= 0.3 is 14.2 Å². The molecule has 5 nitrogen and oxygen atoms in total. The van der Waals surface area contributed by atoms with Crippen molar-refractivity contribution in [2.45, 2.75) is 38.5 Å². The molecule has 1 aromatic heterocycles. The van der Waals surface area contributed by atoms with Gasteiger partial charge in [-0.05, 0) is 47.2 Å². The van der Waals surface area contributed by atoms with Crippen LogP contribution >= 0.6 is 8.25 Å². The lowest BCUT2D eigenvalue weighted by Crippen LogP contribution is -2.10. The Morgan fingerprint density at radius 3 is 2.50 bits per heavy atom. The molecule has 0 aliphatic rings. The highest BCUT2D eigenvalue weighted by Gasteiger charge is 2.24. The monoisotopic (exact) mass is 455 g/mol. The lowest BCUT2D eigenvalue weighted by Gasteiger charge is -2.24. The van der Waals surface area contributed by atoms with Gasteiger partial charge in [-0.2, -0.15) is 0 Å². The van der Waals surface area contributed by atoms with Crippen molar-refractivity contribution in [1.82, 2.24) is 4.98 Å². The maximum atomic E-state index is 13.7. The average Bonchev–Trinajstić information content (AvgIpc) is 2.79. The van der Waals surface area contributed by atoms with Crippen LogP contribution in [0.1, 0.15) is 49.8 Å². The number of hydrogen-bond donors (Lipinski definition) is 0. The van der Waals surface area contributed by atoms with E-state index in [0.29, 0.717) is 6.42 Å². The number of halogens is 1. The molecule has 0 aliphatic carbocycles. The fourth-order valence-electron chi connectivity index (χ4n) is 3.83. The molecule has 32 heavy (non-hydrogen) atoms. The Morgan fingerprint density at radius 1 is 1.19 bits per heavy atom. The number of carbonyl (C=O) groups is 1. The summed E-state index contributed by atoms with van der Waals surface area (Å²) in [4.78, 5) is 17.1. The van der Waals surface area contributed by atoms with E-state index in [1.165, 1.54) is 19.2 Å². The van der Waals surface area contributed by atoms with Crippen LogP contribution in [-0.2, 0) is 18.4 Å². The van der Waals surface area contributed by atoms with Gasteiger partial charge in [0, 0.05) is 30.5 Å². The van der Waals surface area contributed by atoms with Gasteiger partial charge < -0.3 is 9.05 Å². The zero-order valence-corrected chi connectivity index (χ0v) is 19.4. The molecule has 3 aromatic rings. The SMILES string of the molecule is C=CC(CCC(=O)O[PH](=O)OC)c1c(C(C)C)nc2ccccc2c1-c1ccc(F)cc1. The first-order chi connectivity index (χ1) is 15.3. The predicted octanol–water partition coefficient (Wildman–Crippen LogP) is 6.79. The molecule has 0 N–H and O–H groups in total. The van der Waals surface area contributed by atoms with Crippen molar-refractivity contribution in [2.24, 2.45) is 0 Å². The molecular weight excluding hydrogens is 428 g/mol. The van der Waals surface area contributed by atoms with Crippen LogP contribution in [-0.4, -0.2) is 18.1 Å². The summed E-state index contributed by atoms with van der Waals surface area (Å²) >= 11 is 0. The van der Waals surface area contributed by atoms with Gasteiger partial charge in [0.05, 0.1) is 5.52 Å². The highest BCUT2D eigenvalue weighted by atomic mass is 31.1. The van der Waals surface area contributed by atoms with E-state index >= 15 is 0 Å². The standard InChI is InChI=1S/C25H27FNO4P/c1-5-17(12-15-22(28)31-32(29)30-4)24-23(18-10-13-19(26)14-11-18)20-8-6-7-9-21(20)27-25(24)16(2)3/h5-11,13-14,16-17,32H,1,12,15H2,2-4H3.